The van der Waals surface area contributed by atoms with E-state index in [4.69, 9.17) is 11.7 Å². The van der Waals surface area contributed by atoms with Gasteiger partial charge < -0.3 is 0 Å². The van der Waals surface area contributed by atoms with Gasteiger partial charge in [-0.2, -0.15) is 11.8 Å². The first-order valence-electron chi connectivity index (χ1n) is 5.13. The third-order valence-corrected chi connectivity index (χ3v) is 3.02. The van der Waals surface area contributed by atoms with Crippen LogP contribution in [0, 0.1) is 6.92 Å². The molecule has 1 aromatic carbocycles. The smallest absolute Gasteiger partial charge is 0.264 e. The van der Waals surface area contributed by atoms with Crippen molar-refractivity contribution in [3.8, 4) is 0 Å². The van der Waals surface area contributed by atoms with Crippen LogP contribution < -0.4 is 16.7 Å². The molecule has 0 aromatic heterocycles. The maximum absolute atomic E-state index is 11.7. The van der Waals surface area contributed by atoms with Crippen molar-refractivity contribution in [1.82, 2.24) is 5.01 Å². The van der Waals surface area contributed by atoms with Gasteiger partial charge in [0.25, 0.3) is 0 Å². The van der Waals surface area contributed by atoms with E-state index < -0.39 is 6.03 Å². The van der Waals surface area contributed by atoms with Gasteiger partial charge in [-0.05, 0) is 30.4 Å². The van der Waals surface area contributed by atoms with Gasteiger partial charge in [0.05, 0.1) is 5.69 Å². The van der Waals surface area contributed by atoms with Crippen molar-refractivity contribution in [2.45, 2.75) is 12.7 Å². The van der Waals surface area contributed by atoms with Gasteiger partial charge in [0, 0.05) is 12.8 Å². The summed E-state index contributed by atoms with van der Waals surface area (Å²) in [5.41, 5.74) is 2.86. The molecule has 0 aliphatic heterocycles. The van der Waals surface area contributed by atoms with Crippen LogP contribution in [0.4, 0.5) is 10.5 Å². The number of hydrazine groups is 2. The highest BCUT2D eigenvalue weighted by Crippen LogP contribution is 2.25. The van der Waals surface area contributed by atoms with E-state index >= 15 is 0 Å². The summed E-state index contributed by atoms with van der Waals surface area (Å²) in [6.07, 6.45) is 2.01. The summed E-state index contributed by atoms with van der Waals surface area (Å²) in [7, 11) is 1.46. The van der Waals surface area contributed by atoms with Crippen LogP contribution >= 0.6 is 11.8 Å². The van der Waals surface area contributed by atoms with E-state index in [-0.39, 0.29) is 0 Å². The number of nitrogens with two attached hydrogens (primary N) is 2. The number of anilines is 1. The molecule has 0 unspecified atom stereocenters. The Morgan fingerprint density at radius 3 is 2.59 bits per heavy atom. The number of carbonyl (C=O) groups excluding carboxylic acids is 1. The predicted molar refractivity (Wildman–Crippen MR) is 72.4 cm³/mol. The number of amides is 2. The largest absolute Gasteiger partial charge is 0.352 e. The lowest BCUT2D eigenvalue weighted by molar-refractivity contribution is 0.216. The molecule has 5 nitrogen and oxygen atoms in total. The summed E-state index contributed by atoms with van der Waals surface area (Å²) in [5.74, 6) is 12.0. The van der Waals surface area contributed by atoms with Crippen LogP contribution in [-0.4, -0.2) is 24.3 Å². The minimum absolute atomic E-state index is 0.446. The van der Waals surface area contributed by atoms with Gasteiger partial charge in [0.15, 0.2) is 0 Å². The molecule has 6 heteroatoms. The summed E-state index contributed by atoms with van der Waals surface area (Å²) in [6.45, 7) is 2.00. The molecule has 1 aromatic rings. The highest BCUT2D eigenvalue weighted by molar-refractivity contribution is 7.97. The molecule has 17 heavy (non-hydrogen) atoms. The zero-order chi connectivity index (χ0) is 13.0. The van der Waals surface area contributed by atoms with E-state index in [1.54, 1.807) is 11.8 Å². The first kappa shape index (κ1) is 13.8. The molecule has 2 amide bonds. The average Bonchev–Trinajstić information content (AvgIpc) is 2.30. The molecule has 0 aliphatic rings. The number of nitrogens with zero attached hydrogens (tertiary/aromatic N) is 2. The minimum Gasteiger partial charge on any atom is -0.264 e. The van der Waals surface area contributed by atoms with E-state index in [0.717, 1.165) is 26.9 Å². The number of hydrogen-bond acceptors (Lipinski definition) is 4. The molecule has 4 N–H and O–H groups in total. The van der Waals surface area contributed by atoms with Crippen molar-refractivity contribution < 1.29 is 4.79 Å². The van der Waals surface area contributed by atoms with Crippen molar-refractivity contribution in [2.75, 3.05) is 18.3 Å². The highest BCUT2D eigenvalue weighted by atomic mass is 32.2. The van der Waals surface area contributed by atoms with Crippen molar-refractivity contribution in [1.29, 1.82) is 0 Å². The predicted octanol–water partition coefficient (Wildman–Crippen LogP) is 1.46. The summed E-state index contributed by atoms with van der Waals surface area (Å²) in [6, 6.07) is 5.25. The van der Waals surface area contributed by atoms with Crippen LogP contribution in [-0.2, 0) is 5.75 Å². The third kappa shape index (κ3) is 3.12. The Kier molecular flexibility index (Phi) is 4.80. The lowest BCUT2D eigenvalue weighted by Gasteiger charge is -2.23. The third-order valence-electron chi connectivity index (χ3n) is 2.44. The van der Waals surface area contributed by atoms with E-state index in [1.165, 1.54) is 7.05 Å². The van der Waals surface area contributed by atoms with Crippen LogP contribution in [0.15, 0.2) is 18.2 Å². The normalized spacial score (nSPS) is 10.2. The maximum atomic E-state index is 11.7. The van der Waals surface area contributed by atoms with Gasteiger partial charge in [-0.3, -0.25) is 5.01 Å². The SMILES string of the molecule is CSCc1c(C)cccc1N(N)C(=O)N(C)N. The van der Waals surface area contributed by atoms with Crippen molar-refractivity contribution in [3.63, 3.8) is 0 Å². The Labute approximate surface area is 106 Å². The molecule has 0 aliphatic carbocycles. The molecule has 1 rings (SSSR count). The van der Waals surface area contributed by atoms with Gasteiger partial charge in [-0.1, -0.05) is 12.1 Å². The van der Waals surface area contributed by atoms with Crippen LogP contribution in [0.1, 0.15) is 11.1 Å². The fourth-order valence-electron chi connectivity index (χ4n) is 1.52. The Morgan fingerprint density at radius 1 is 1.41 bits per heavy atom. The lowest BCUT2D eigenvalue weighted by Crippen LogP contribution is -2.49. The summed E-state index contributed by atoms with van der Waals surface area (Å²) in [4.78, 5) is 11.7. The van der Waals surface area contributed by atoms with Crippen molar-refractivity contribution in [2.24, 2.45) is 11.7 Å². The van der Waals surface area contributed by atoms with Gasteiger partial charge >= 0.3 is 6.03 Å². The number of hydrogen-bond donors (Lipinski definition) is 2. The number of urea groups is 1. The monoisotopic (exact) mass is 254 g/mol. The average molecular weight is 254 g/mol. The molecule has 94 valence electrons. The first-order valence-corrected chi connectivity index (χ1v) is 6.53. The number of aryl methyl sites for hydroxylation is 1. The van der Waals surface area contributed by atoms with E-state index in [2.05, 4.69) is 0 Å². The zero-order valence-corrected chi connectivity index (χ0v) is 11.1. The van der Waals surface area contributed by atoms with E-state index in [0.29, 0.717) is 5.69 Å². The molecule has 0 heterocycles. The Bertz CT molecular complexity index is 408. The molecule has 0 fully saturated rings. The molecule has 0 spiro atoms. The summed E-state index contributed by atoms with van der Waals surface area (Å²) in [5, 5.41) is 2.05. The topological polar surface area (TPSA) is 75.6 Å². The highest BCUT2D eigenvalue weighted by Gasteiger charge is 2.17. The molecule has 0 saturated heterocycles. The van der Waals surface area contributed by atoms with Crippen LogP contribution in [0.25, 0.3) is 0 Å². The first-order chi connectivity index (χ1) is 7.99. The van der Waals surface area contributed by atoms with Crippen LogP contribution in [0.2, 0.25) is 0 Å². The van der Waals surface area contributed by atoms with Gasteiger partial charge in [0.2, 0.25) is 0 Å². The van der Waals surface area contributed by atoms with E-state index in [1.807, 2.05) is 31.4 Å². The summed E-state index contributed by atoms with van der Waals surface area (Å²) >= 11 is 1.68. The van der Waals surface area contributed by atoms with Crippen molar-refractivity contribution in [3.05, 3.63) is 29.3 Å². The number of carbonyl (C=O) groups is 1. The molecule has 0 bridgehead atoms. The van der Waals surface area contributed by atoms with Crippen LogP contribution in [0.3, 0.4) is 0 Å². The Balaban J connectivity index is 3.12. The fourth-order valence-corrected chi connectivity index (χ4v) is 2.18. The van der Waals surface area contributed by atoms with Gasteiger partial charge in [0.1, 0.15) is 0 Å². The second-order valence-corrected chi connectivity index (χ2v) is 4.64. The minimum atomic E-state index is -0.446. The van der Waals surface area contributed by atoms with Crippen LogP contribution in [0.5, 0.6) is 0 Å². The number of thioether (sulfide) groups is 1. The molecule has 0 radical (unpaired) electrons. The van der Waals surface area contributed by atoms with Gasteiger partial charge in [-0.15, -0.1) is 0 Å². The second kappa shape index (κ2) is 5.90. The molecule has 0 saturated carbocycles. The molecule has 0 atom stereocenters. The Morgan fingerprint density at radius 2 is 2.06 bits per heavy atom. The van der Waals surface area contributed by atoms with E-state index in [9.17, 15) is 4.79 Å². The number of rotatable bonds is 3. The summed E-state index contributed by atoms with van der Waals surface area (Å²) < 4.78 is 0. The zero-order valence-electron chi connectivity index (χ0n) is 10.3. The molecular formula is C11H18N4OS. The molecular weight excluding hydrogens is 236 g/mol. The quantitative estimate of drug-likeness (QED) is 0.486. The standard InChI is InChI=1S/C11H18N4OS/c1-8-5-4-6-10(9(8)7-17-3)15(13)11(16)14(2)12/h4-6H,7,12-13H2,1-3H3. The fraction of sp³-hybridized carbons (Fsp3) is 0.364. The van der Waals surface area contributed by atoms with Crippen molar-refractivity contribution >= 4 is 23.5 Å². The Hall–Kier alpha value is -1.24. The second-order valence-electron chi connectivity index (χ2n) is 3.77. The van der Waals surface area contributed by atoms with Gasteiger partial charge in [-0.25, -0.2) is 21.5 Å². The number of benzene rings is 1. The maximum Gasteiger partial charge on any atom is 0.352 e. The lowest BCUT2D eigenvalue weighted by atomic mass is 10.1.